The van der Waals surface area contributed by atoms with Crippen molar-refractivity contribution < 1.29 is 0 Å². The highest BCUT2D eigenvalue weighted by Gasteiger charge is 2.37. The summed E-state index contributed by atoms with van der Waals surface area (Å²) in [5.74, 6) is 0. The van der Waals surface area contributed by atoms with E-state index in [0.717, 1.165) is 13.0 Å². The van der Waals surface area contributed by atoms with Gasteiger partial charge in [0.15, 0.2) is 0 Å². The average Bonchev–Trinajstić information content (AvgIpc) is 2.99. The third-order valence-electron chi connectivity index (χ3n) is 3.95. The van der Waals surface area contributed by atoms with Gasteiger partial charge in [0.1, 0.15) is 0 Å². The van der Waals surface area contributed by atoms with Crippen molar-refractivity contribution in [2.24, 2.45) is 5.73 Å². The molecule has 0 spiro atoms. The van der Waals surface area contributed by atoms with Crippen LogP contribution in [-0.2, 0) is 18.3 Å². The molecule has 1 aromatic heterocycles. The molecule has 0 amide bonds. The minimum Gasteiger partial charge on any atom is -0.330 e. The third kappa shape index (κ3) is 1.81. The molecule has 2 heteroatoms. The summed E-state index contributed by atoms with van der Waals surface area (Å²) in [4.78, 5) is 1.45. The van der Waals surface area contributed by atoms with Crippen molar-refractivity contribution >= 4 is 11.3 Å². The molecule has 3 rings (SSSR count). The quantitative estimate of drug-likeness (QED) is 0.880. The van der Waals surface area contributed by atoms with Gasteiger partial charge in [0, 0.05) is 16.8 Å². The number of aryl methyl sites for hydroxylation is 1. The maximum atomic E-state index is 6.10. The fourth-order valence-electron chi connectivity index (χ4n) is 2.98. The summed E-state index contributed by atoms with van der Waals surface area (Å²) in [6.07, 6.45) is 3.47. The van der Waals surface area contributed by atoms with Gasteiger partial charge in [0.05, 0.1) is 0 Å². The van der Waals surface area contributed by atoms with Crippen LogP contribution in [-0.4, -0.2) is 6.54 Å². The van der Waals surface area contributed by atoms with Crippen LogP contribution in [0.2, 0.25) is 0 Å². The summed E-state index contributed by atoms with van der Waals surface area (Å²) in [6, 6.07) is 13.2. The van der Waals surface area contributed by atoms with Gasteiger partial charge < -0.3 is 5.73 Å². The van der Waals surface area contributed by atoms with Crippen LogP contribution >= 0.6 is 11.3 Å². The molecule has 0 bridgehead atoms. The first-order chi connectivity index (χ1) is 8.34. The van der Waals surface area contributed by atoms with Crippen LogP contribution < -0.4 is 5.73 Å². The van der Waals surface area contributed by atoms with Crippen LogP contribution in [0, 0.1) is 0 Å². The highest BCUT2D eigenvalue weighted by atomic mass is 32.1. The summed E-state index contributed by atoms with van der Waals surface area (Å²) >= 11 is 1.84. The molecular formula is C15H17NS. The van der Waals surface area contributed by atoms with Crippen molar-refractivity contribution in [2.45, 2.75) is 24.7 Å². The molecule has 1 aromatic carbocycles. The van der Waals surface area contributed by atoms with E-state index in [-0.39, 0.29) is 5.41 Å². The molecule has 1 heterocycles. The SMILES string of the molecule is NCC1(Cc2cccs2)CCc2ccccc21. The topological polar surface area (TPSA) is 26.0 Å². The van der Waals surface area contributed by atoms with Crippen LogP contribution in [0.4, 0.5) is 0 Å². The number of benzene rings is 1. The highest BCUT2D eigenvalue weighted by molar-refractivity contribution is 7.09. The predicted octanol–water partition coefficient (Wildman–Crippen LogP) is 3.13. The Morgan fingerprint density at radius 3 is 2.82 bits per heavy atom. The summed E-state index contributed by atoms with van der Waals surface area (Å²) in [6.45, 7) is 0.752. The van der Waals surface area contributed by atoms with Gasteiger partial charge in [-0.25, -0.2) is 0 Å². The molecular weight excluding hydrogens is 226 g/mol. The smallest absolute Gasteiger partial charge is 0.0129 e. The van der Waals surface area contributed by atoms with Gasteiger partial charge >= 0.3 is 0 Å². The second-order valence-corrected chi connectivity index (χ2v) is 5.93. The lowest BCUT2D eigenvalue weighted by atomic mass is 9.78. The molecule has 2 aromatic rings. The lowest BCUT2D eigenvalue weighted by Gasteiger charge is -2.28. The van der Waals surface area contributed by atoms with Crippen molar-refractivity contribution in [1.29, 1.82) is 0 Å². The van der Waals surface area contributed by atoms with Gasteiger partial charge in [-0.1, -0.05) is 30.3 Å². The van der Waals surface area contributed by atoms with Crippen LogP contribution in [0.3, 0.4) is 0 Å². The van der Waals surface area contributed by atoms with Crippen molar-refractivity contribution in [1.82, 2.24) is 0 Å². The maximum Gasteiger partial charge on any atom is 0.0129 e. The van der Waals surface area contributed by atoms with Crippen molar-refractivity contribution in [2.75, 3.05) is 6.54 Å². The second kappa shape index (κ2) is 4.28. The van der Waals surface area contributed by atoms with E-state index in [2.05, 4.69) is 41.8 Å². The molecule has 1 unspecified atom stereocenters. The zero-order valence-electron chi connectivity index (χ0n) is 9.86. The molecule has 1 atom stereocenters. The first kappa shape index (κ1) is 11.0. The number of hydrogen-bond donors (Lipinski definition) is 1. The summed E-state index contributed by atoms with van der Waals surface area (Å²) < 4.78 is 0. The largest absolute Gasteiger partial charge is 0.330 e. The summed E-state index contributed by atoms with van der Waals surface area (Å²) in [7, 11) is 0. The Kier molecular flexibility index (Phi) is 2.77. The molecule has 1 aliphatic rings. The Morgan fingerprint density at radius 1 is 1.18 bits per heavy atom. The van der Waals surface area contributed by atoms with Gasteiger partial charge in [0.25, 0.3) is 0 Å². The lowest BCUT2D eigenvalue weighted by molar-refractivity contribution is 0.435. The van der Waals surface area contributed by atoms with Crippen LogP contribution in [0.1, 0.15) is 22.4 Å². The summed E-state index contributed by atoms with van der Waals surface area (Å²) in [5, 5.41) is 2.15. The van der Waals surface area contributed by atoms with Gasteiger partial charge in [-0.05, 0) is 41.8 Å². The third-order valence-corrected chi connectivity index (χ3v) is 4.82. The van der Waals surface area contributed by atoms with Gasteiger partial charge in [0.2, 0.25) is 0 Å². The molecule has 88 valence electrons. The molecule has 0 saturated carbocycles. The number of thiophene rings is 1. The van der Waals surface area contributed by atoms with Gasteiger partial charge in [-0.15, -0.1) is 11.3 Å². The van der Waals surface area contributed by atoms with E-state index in [4.69, 9.17) is 5.73 Å². The monoisotopic (exact) mass is 243 g/mol. The van der Waals surface area contributed by atoms with E-state index in [0.29, 0.717) is 0 Å². The number of rotatable bonds is 3. The Hall–Kier alpha value is -1.12. The van der Waals surface area contributed by atoms with Crippen molar-refractivity contribution in [3.63, 3.8) is 0 Å². The molecule has 0 saturated heterocycles. The van der Waals surface area contributed by atoms with Crippen LogP contribution in [0.25, 0.3) is 0 Å². The zero-order valence-corrected chi connectivity index (χ0v) is 10.7. The molecule has 0 fully saturated rings. The van der Waals surface area contributed by atoms with E-state index >= 15 is 0 Å². The minimum atomic E-state index is 0.182. The van der Waals surface area contributed by atoms with E-state index in [1.54, 1.807) is 0 Å². The Balaban J connectivity index is 1.99. The second-order valence-electron chi connectivity index (χ2n) is 4.90. The first-order valence-electron chi connectivity index (χ1n) is 6.15. The fraction of sp³-hybridized carbons (Fsp3) is 0.333. The lowest BCUT2D eigenvalue weighted by Crippen LogP contribution is -2.34. The molecule has 1 aliphatic carbocycles. The number of fused-ring (bicyclic) bond motifs is 1. The van der Waals surface area contributed by atoms with Gasteiger partial charge in [-0.2, -0.15) is 0 Å². The van der Waals surface area contributed by atoms with E-state index < -0.39 is 0 Å². The highest BCUT2D eigenvalue weighted by Crippen LogP contribution is 2.41. The number of hydrogen-bond acceptors (Lipinski definition) is 2. The van der Waals surface area contributed by atoms with Crippen LogP contribution in [0.15, 0.2) is 41.8 Å². The average molecular weight is 243 g/mol. The molecule has 0 aliphatic heterocycles. The normalized spacial score (nSPS) is 22.6. The van der Waals surface area contributed by atoms with Crippen LogP contribution in [0.5, 0.6) is 0 Å². The Bertz CT molecular complexity index is 503. The van der Waals surface area contributed by atoms with E-state index in [9.17, 15) is 0 Å². The number of nitrogens with two attached hydrogens (primary N) is 1. The molecule has 0 radical (unpaired) electrons. The van der Waals surface area contributed by atoms with Gasteiger partial charge in [-0.3, -0.25) is 0 Å². The van der Waals surface area contributed by atoms with Crippen molar-refractivity contribution in [3.8, 4) is 0 Å². The maximum absolute atomic E-state index is 6.10. The van der Waals surface area contributed by atoms with E-state index in [1.165, 1.54) is 28.8 Å². The predicted molar refractivity (Wildman–Crippen MR) is 73.5 cm³/mol. The van der Waals surface area contributed by atoms with E-state index in [1.807, 2.05) is 11.3 Å². The molecule has 1 nitrogen and oxygen atoms in total. The van der Waals surface area contributed by atoms with Crippen molar-refractivity contribution in [3.05, 3.63) is 57.8 Å². The first-order valence-corrected chi connectivity index (χ1v) is 7.03. The molecule has 2 N–H and O–H groups in total. The fourth-order valence-corrected chi connectivity index (χ4v) is 3.83. The molecule has 17 heavy (non-hydrogen) atoms. The summed E-state index contributed by atoms with van der Waals surface area (Å²) in [5.41, 5.74) is 9.26. The Labute approximate surface area is 106 Å². The minimum absolute atomic E-state index is 0.182. The zero-order chi connectivity index (χ0) is 11.7. The Morgan fingerprint density at radius 2 is 2.06 bits per heavy atom. The standard InChI is InChI=1S/C15H17NS/c16-11-15(10-13-5-3-9-17-13)8-7-12-4-1-2-6-14(12)15/h1-6,9H,7-8,10-11,16H2.